The average Bonchev–Trinajstić information content (AvgIpc) is 3.15. The van der Waals surface area contributed by atoms with Gasteiger partial charge < -0.3 is 0 Å². The molecule has 2 aliphatic carbocycles. The Labute approximate surface area is 242 Å². The molecule has 0 saturated heterocycles. The van der Waals surface area contributed by atoms with Crippen molar-refractivity contribution >= 4 is 0 Å². The van der Waals surface area contributed by atoms with E-state index in [0.717, 1.165) is 35.5 Å². The third-order valence-corrected chi connectivity index (χ3v) is 7.11. The zero-order valence-electron chi connectivity index (χ0n) is 17.9. The van der Waals surface area contributed by atoms with Crippen LogP contribution in [0.1, 0.15) is 195 Å². The molecule has 0 aliphatic heterocycles. The first-order valence-corrected chi connectivity index (χ1v) is 11.1. The molecule has 0 spiro atoms. The summed E-state index contributed by atoms with van der Waals surface area (Å²) < 4.78 is 0. The Morgan fingerprint density at radius 2 is 1.14 bits per heavy atom. The monoisotopic (exact) mass is 527 g/mol. The fourth-order valence-corrected chi connectivity index (χ4v) is 5.35. The van der Waals surface area contributed by atoms with Gasteiger partial charge in [0.1, 0.15) is 0 Å². The van der Waals surface area contributed by atoms with Crippen molar-refractivity contribution in [1.82, 2.24) is 0 Å². The average molecular weight is 527 g/mol. The summed E-state index contributed by atoms with van der Waals surface area (Å²) in [5.41, 5.74) is 1.77. The molecule has 2 aliphatic rings. The van der Waals surface area contributed by atoms with Gasteiger partial charge in [-0.25, -0.2) is 0 Å². The van der Waals surface area contributed by atoms with E-state index >= 15 is 0 Å². The van der Waals surface area contributed by atoms with Gasteiger partial charge in [0.2, 0.25) is 0 Å². The smallest absolute Gasteiger partial charge is 0.0172 e. The highest BCUT2D eigenvalue weighted by Crippen LogP contribution is 2.57. The number of fused-ring (bicyclic) bond motifs is 2. The van der Waals surface area contributed by atoms with Gasteiger partial charge in [0.15, 0.2) is 0 Å². The van der Waals surface area contributed by atoms with Crippen LogP contribution >= 0.6 is 0 Å². The Bertz CT molecular complexity index is 351. The minimum absolute atomic E-state index is 0. The van der Waals surface area contributed by atoms with E-state index in [1.165, 1.54) is 57.8 Å². The van der Waals surface area contributed by atoms with Crippen molar-refractivity contribution in [3.63, 3.8) is 0 Å². The van der Waals surface area contributed by atoms with Crippen LogP contribution in [0.2, 0.25) is 0 Å². The van der Waals surface area contributed by atoms with Crippen LogP contribution in [0, 0.1) is 35.5 Å². The molecular weight excluding hydrogens is 432 g/mol. The van der Waals surface area contributed by atoms with E-state index in [1.54, 1.807) is 5.57 Å². The Hall–Kier alpha value is -0.260. The van der Waals surface area contributed by atoms with Crippen LogP contribution in [-0.4, -0.2) is 0 Å². The molecule has 36 heavy (non-hydrogen) atoms. The second-order valence-electron chi connectivity index (χ2n) is 8.88. The molecule has 0 aromatic heterocycles. The molecule has 2 rings (SSSR count). The number of unbranched alkanes of at least 4 members (excludes halogenated alkanes) is 2. The van der Waals surface area contributed by atoms with Gasteiger partial charge in [0.25, 0.3) is 0 Å². The highest BCUT2D eigenvalue weighted by molar-refractivity contribution is 5.19. The zero-order valence-corrected chi connectivity index (χ0v) is 17.9. The number of hydrogen-bond acceptors (Lipinski definition) is 0. The predicted octanol–water partition coefficient (Wildman–Crippen LogP) is 15.9. The van der Waals surface area contributed by atoms with Crippen LogP contribution in [-0.2, 0) is 0 Å². The van der Waals surface area contributed by atoms with Crippen LogP contribution < -0.4 is 0 Å². The summed E-state index contributed by atoms with van der Waals surface area (Å²) >= 11 is 0. The van der Waals surface area contributed by atoms with E-state index in [4.69, 9.17) is 0 Å². The highest BCUT2D eigenvalue weighted by atomic mass is 14.5. The molecule has 0 amide bonds. The first-order valence-electron chi connectivity index (χ1n) is 11.1. The third-order valence-electron chi connectivity index (χ3n) is 7.11. The molecule has 6 atom stereocenters. The SMILES string of the molecule is C.C.C.C.C.C.C.C.C.C.C.C.C/C=C1\CC2CC1C(C)C2C(C)CCCC.CCCCC(C)CC. The lowest BCUT2D eigenvalue weighted by molar-refractivity contribution is 0.186. The summed E-state index contributed by atoms with van der Waals surface area (Å²) in [7, 11) is 0. The van der Waals surface area contributed by atoms with Crippen LogP contribution in [0.15, 0.2) is 11.6 Å². The van der Waals surface area contributed by atoms with Crippen LogP contribution in [0.25, 0.3) is 0 Å². The molecule has 6 unspecified atom stereocenters. The molecule has 238 valence electrons. The molecule has 0 heterocycles. The zero-order chi connectivity index (χ0) is 18.1. The van der Waals surface area contributed by atoms with Gasteiger partial charge in [-0.15, -0.1) is 0 Å². The van der Waals surface area contributed by atoms with E-state index in [-0.39, 0.29) is 89.1 Å². The summed E-state index contributed by atoms with van der Waals surface area (Å²) in [5.74, 6) is 5.87. The van der Waals surface area contributed by atoms with Gasteiger partial charge in [-0.2, -0.15) is 0 Å². The van der Waals surface area contributed by atoms with Crippen LogP contribution in [0.3, 0.4) is 0 Å². The van der Waals surface area contributed by atoms with Gasteiger partial charge in [0, 0.05) is 0 Å². The molecule has 0 N–H and O–H groups in total. The van der Waals surface area contributed by atoms with Crippen molar-refractivity contribution < 1.29 is 0 Å². The number of allylic oxidation sites excluding steroid dienone is 2. The maximum absolute atomic E-state index is 2.51. The summed E-state index contributed by atoms with van der Waals surface area (Å²) in [6.45, 7) is 16.4. The molecule has 0 radical (unpaired) electrons. The molecule has 2 fully saturated rings. The quantitative estimate of drug-likeness (QED) is 0.276. The minimum Gasteiger partial charge on any atom is -0.0882 e. The second kappa shape index (κ2) is 41.9. The normalized spacial score (nSPS) is 21.7. The molecule has 0 aromatic rings. The van der Waals surface area contributed by atoms with Crippen molar-refractivity contribution in [2.45, 2.75) is 195 Å². The number of hydrogen-bond donors (Lipinski definition) is 0. The summed E-state index contributed by atoms with van der Waals surface area (Å²) in [6.07, 6.45) is 15.1. The van der Waals surface area contributed by atoms with Crippen LogP contribution in [0.4, 0.5) is 0 Å². The molecular formula is C36H94. The standard InChI is InChI=1S/C16H28.C8H18.12CH4/c1-5-7-8-11(3)16-12(4)15-10-14(16)9-13(15)6-2;1-4-6-7-8(3)5-2;;;;;;;;;;;;/h6,11-12,14-16H,5,7-10H2,1-4H3;8H,4-7H2,1-3H3;12*1H4/b13-6+;;;;;;;;;;;;;. The molecule has 2 bridgehead atoms. The molecule has 0 heteroatoms. The fraction of sp³-hybridized carbons (Fsp3) is 0.944. The van der Waals surface area contributed by atoms with E-state index in [2.05, 4.69) is 54.5 Å². The predicted molar refractivity (Wildman–Crippen MR) is 191 cm³/mol. The third kappa shape index (κ3) is 22.9. The fourth-order valence-electron chi connectivity index (χ4n) is 5.35. The van der Waals surface area contributed by atoms with Gasteiger partial charge in [-0.3, -0.25) is 0 Å². The Morgan fingerprint density at radius 1 is 0.722 bits per heavy atom. The van der Waals surface area contributed by atoms with Gasteiger partial charge in [-0.05, 0) is 55.3 Å². The minimum atomic E-state index is 0. The van der Waals surface area contributed by atoms with Crippen molar-refractivity contribution in [3.05, 3.63) is 11.6 Å². The van der Waals surface area contributed by atoms with E-state index < -0.39 is 0 Å². The first kappa shape index (κ1) is 76.5. The van der Waals surface area contributed by atoms with Gasteiger partial charge >= 0.3 is 0 Å². The maximum atomic E-state index is 2.51. The molecule has 2 saturated carbocycles. The Balaban J connectivity index is -0.0000000264. The highest BCUT2D eigenvalue weighted by Gasteiger charge is 2.48. The van der Waals surface area contributed by atoms with Gasteiger partial charge in [-0.1, -0.05) is 187 Å². The van der Waals surface area contributed by atoms with Crippen molar-refractivity contribution in [2.75, 3.05) is 0 Å². The Kier molecular flexibility index (Phi) is 89.0. The first-order chi connectivity index (χ1) is 11.5. The van der Waals surface area contributed by atoms with Crippen molar-refractivity contribution in [1.29, 1.82) is 0 Å². The molecule has 0 aromatic carbocycles. The van der Waals surface area contributed by atoms with E-state index in [9.17, 15) is 0 Å². The lowest BCUT2D eigenvalue weighted by Gasteiger charge is -2.34. The Morgan fingerprint density at radius 3 is 1.47 bits per heavy atom. The summed E-state index contributed by atoms with van der Waals surface area (Å²) in [5, 5.41) is 0. The summed E-state index contributed by atoms with van der Waals surface area (Å²) in [4.78, 5) is 0. The molecule has 0 nitrogen and oxygen atoms in total. The largest absolute Gasteiger partial charge is 0.0882 e. The van der Waals surface area contributed by atoms with Gasteiger partial charge in [0.05, 0.1) is 0 Å². The number of rotatable bonds is 8. The van der Waals surface area contributed by atoms with Crippen LogP contribution in [0.5, 0.6) is 0 Å². The second-order valence-corrected chi connectivity index (χ2v) is 8.88. The van der Waals surface area contributed by atoms with E-state index in [1.807, 2.05) is 0 Å². The van der Waals surface area contributed by atoms with E-state index in [0.29, 0.717) is 0 Å². The van der Waals surface area contributed by atoms with Crippen molar-refractivity contribution in [2.24, 2.45) is 35.5 Å². The lowest BCUT2D eigenvalue weighted by atomic mass is 9.71. The maximum Gasteiger partial charge on any atom is -0.0172 e. The van der Waals surface area contributed by atoms with Crippen molar-refractivity contribution in [3.8, 4) is 0 Å². The topological polar surface area (TPSA) is 0 Å². The summed E-state index contributed by atoms with van der Waals surface area (Å²) in [6, 6.07) is 0. The lowest BCUT2D eigenvalue weighted by Crippen LogP contribution is -2.27.